The molecule has 1 atom stereocenters. The smallest absolute Gasteiger partial charge is 0.109 e. The van der Waals surface area contributed by atoms with Crippen molar-refractivity contribution in [2.75, 3.05) is 6.61 Å². The zero-order valence-corrected chi connectivity index (χ0v) is 8.17. The fraction of sp³-hybridized carbons (Fsp3) is 0.250. The summed E-state index contributed by atoms with van der Waals surface area (Å²) in [6, 6.07) is 4.34. The number of epoxide rings is 1. The minimum atomic E-state index is 0.0251. The number of ether oxygens (including phenoxy) is 1. The van der Waals surface area contributed by atoms with E-state index < -0.39 is 0 Å². The second-order valence-electron chi connectivity index (χ2n) is 2.50. The summed E-state index contributed by atoms with van der Waals surface area (Å²) in [5, 5.41) is 1.41. The number of benzene rings is 1. The number of rotatable bonds is 1. The van der Waals surface area contributed by atoms with Gasteiger partial charge in [-0.15, -0.1) is 0 Å². The highest BCUT2D eigenvalue weighted by atomic mass is 35.5. The highest BCUT2D eigenvalue weighted by Crippen LogP contribution is 2.42. The maximum atomic E-state index is 5.91. The molecule has 4 heteroatoms. The summed E-state index contributed by atoms with van der Waals surface area (Å²) in [7, 11) is 0. The summed E-state index contributed by atoms with van der Waals surface area (Å²) in [4.78, 5) is 0. The average Bonchev–Trinajstić information content (AvgIpc) is 2.81. The van der Waals surface area contributed by atoms with Gasteiger partial charge in [0.05, 0.1) is 16.7 Å². The first-order valence-corrected chi connectivity index (χ1v) is 4.50. The Bertz CT molecular complexity index is 320. The Balaban J connectivity index is 2.55. The lowest BCUT2D eigenvalue weighted by atomic mass is 10.2. The Hall–Kier alpha value is 0.0500. The van der Waals surface area contributed by atoms with E-state index in [0.717, 1.165) is 5.56 Å². The maximum Gasteiger partial charge on any atom is 0.109 e. The Kier molecular flexibility index (Phi) is 2.21. The Labute approximate surface area is 85.2 Å². The van der Waals surface area contributed by atoms with Crippen molar-refractivity contribution < 1.29 is 4.74 Å². The molecule has 0 bridgehead atoms. The van der Waals surface area contributed by atoms with Gasteiger partial charge in [-0.1, -0.05) is 34.8 Å². The summed E-state index contributed by atoms with van der Waals surface area (Å²) >= 11 is 17.5. The molecule has 1 saturated heterocycles. The van der Waals surface area contributed by atoms with Crippen molar-refractivity contribution in [2.45, 2.75) is 6.10 Å². The van der Waals surface area contributed by atoms with Crippen LogP contribution in [0.2, 0.25) is 15.1 Å². The molecular weight excluding hydrogens is 218 g/mol. The van der Waals surface area contributed by atoms with Crippen molar-refractivity contribution in [3.63, 3.8) is 0 Å². The van der Waals surface area contributed by atoms with Gasteiger partial charge in [-0.05, 0) is 6.07 Å². The van der Waals surface area contributed by atoms with E-state index in [0.29, 0.717) is 21.7 Å². The lowest BCUT2D eigenvalue weighted by Crippen LogP contribution is -1.85. The molecule has 1 heterocycles. The minimum absolute atomic E-state index is 0.0251. The van der Waals surface area contributed by atoms with Crippen LogP contribution in [0.3, 0.4) is 0 Å². The Morgan fingerprint density at radius 3 is 2.67 bits per heavy atom. The van der Waals surface area contributed by atoms with Crippen LogP contribution < -0.4 is 0 Å². The largest absolute Gasteiger partial charge is 0.368 e. The monoisotopic (exact) mass is 221 g/mol. The first kappa shape index (κ1) is 8.64. The van der Waals surface area contributed by atoms with Crippen molar-refractivity contribution in [1.29, 1.82) is 0 Å². The number of hydrogen-bond acceptors (Lipinski definition) is 1. The lowest BCUT2D eigenvalue weighted by Gasteiger charge is -2.03. The van der Waals surface area contributed by atoms with E-state index in [1.54, 1.807) is 6.07 Å². The molecule has 1 radical (unpaired) electrons. The molecule has 0 amide bonds. The number of hydrogen-bond donors (Lipinski definition) is 0. The first-order valence-electron chi connectivity index (χ1n) is 3.37. The average molecular weight is 222 g/mol. The van der Waals surface area contributed by atoms with Gasteiger partial charge in [0.15, 0.2) is 0 Å². The van der Waals surface area contributed by atoms with E-state index >= 15 is 0 Å². The second-order valence-corrected chi connectivity index (χ2v) is 3.66. The molecule has 1 aromatic carbocycles. The third-order valence-electron chi connectivity index (χ3n) is 1.67. The molecular formula is C8H4Cl3O. The molecule has 1 nitrogen and oxygen atoms in total. The van der Waals surface area contributed by atoms with Crippen molar-refractivity contribution in [2.24, 2.45) is 0 Å². The second kappa shape index (κ2) is 3.08. The summed E-state index contributed by atoms with van der Waals surface area (Å²) in [6.45, 7) is 0.666. The van der Waals surface area contributed by atoms with Crippen molar-refractivity contribution >= 4 is 34.8 Å². The zero-order valence-electron chi connectivity index (χ0n) is 5.90. The van der Waals surface area contributed by atoms with Crippen LogP contribution in [0.25, 0.3) is 0 Å². The molecule has 0 saturated carbocycles. The van der Waals surface area contributed by atoms with Crippen LogP contribution >= 0.6 is 34.8 Å². The molecule has 0 aromatic heterocycles. The molecule has 0 aliphatic carbocycles. The van der Waals surface area contributed by atoms with Gasteiger partial charge in [0.1, 0.15) is 6.10 Å². The third kappa shape index (κ3) is 1.42. The van der Waals surface area contributed by atoms with Crippen LogP contribution in [0, 0.1) is 6.07 Å². The van der Waals surface area contributed by atoms with Gasteiger partial charge >= 0.3 is 0 Å². The van der Waals surface area contributed by atoms with Crippen molar-refractivity contribution in [3.8, 4) is 0 Å². The highest BCUT2D eigenvalue weighted by Gasteiger charge is 2.30. The molecule has 1 aromatic rings. The van der Waals surface area contributed by atoms with E-state index in [-0.39, 0.29) is 6.10 Å². The van der Waals surface area contributed by atoms with Gasteiger partial charge in [-0.2, -0.15) is 0 Å². The molecule has 2 rings (SSSR count). The highest BCUT2D eigenvalue weighted by molar-refractivity contribution is 6.44. The minimum Gasteiger partial charge on any atom is -0.368 e. The van der Waals surface area contributed by atoms with E-state index in [9.17, 15) is 0 Å². The van der Waals surface area contributed by atoms with Crippen LogP contribution in [0.1, 0.15) is 11.7 Å². The van der Waals surface area contributed by atoms with Crippen molar-refractivity contribution in [3.05, 3.63) is 32.8 Å². The fourth-order valence-corrected chi connectivity index (χ4v) is 1.75. The SMILES string of the molecule is Clc1[c]cc(Cl)c(C2CO2)c1Cl. The van der Waals surface area contributed by atoms with Crippen LogP contribution in [0.4, 0.5) is 0 Å². The van der Waals surface area contributed by atoms with Crippen LogP contribution in [0.15, 0.2) is 6.07 Å². The first-order chi connectivity index (χ1) is 5.70. The summed E-state index contributed by atoms with van der Waals surface area (Å²) in [5.41, 5.74) is 0.780. The standard InChI is InChI=1S/C8H4Cl3O/c9-4-1-2-5(10)8(11)7(4)6-3-12-6/h1,6H,3H2. The fourth-order valence-electron chi connectivity index (χ4n) is 1.00. The normalized spacial score (nSPS) is 21.1. The van der Waals surface area contributed by atoms with Crippen LogP contribution in [-0.4, -0.2) is 6.61 Å². The Morgan fingerprint density at radius 1 is 1.42 bits per heavy atom. The third-order valence-corrected chi connectivity index (χ3v) is 2.77. The van der Waals surface area contributed by atoms with Gasteiger partial charge in [-0.3, -0.25) is 0 Å². The van der Waals surface area contributed by atoms with Crippen LogP contribution in [0.5, 0.6) is 0 Å². The van der Waals surface area contributed by atoms with Crippen LogP contribution in [-0.2, 0) is 4.74 Å². The predicted molar refractivity (Wildman–Crippen MR) is 49.0 cm³/mol. The molecule has 0 N–H and O–H groups in total. The molecule has 1 aliphatic rings. The summed E-state index contributed by atoms with van der Waals surface area (Å²) in [5.74, 6) is 0. The summed E-state index contributed by atoms with van der Waals surface area (Å²) < 4.78 is 5.07. The molecule has 1 fully saturated rings. The van der Waals surface area contributed by atoms with E-state index in [2.05, 4.69) is 6.07 Å². The van der Waals surface area contributed by atoms with Gasteiger partial charge in [0.25, 0.3) is 0 Å². The maximum absolute atomic E-state index is 5.91. The van der Waals surface area contributed by atoms with E-state index in [4.69, 9.17) is 39.5 Å². The van der Waals surface area contributed by atoms with Gasteiger partial charge in [-0.25, -0.2) is 0 Å². The Morgan fingerprint density at radius 2 is 2.08 bits per heavy atom. The predicted octanol–water partition coefficient (Wildman–Crippen LogP) is 3.52. The molecule has 0 spiro atoms. The molecule has 63 valence electrons. The van der Waals surface area contributed by atoms with E-state index in [1.807, 2.05) is 0 Å². The summed E-state index contributed by atoms with van der Waals surface area (Å²) in [6.07, 6.45) is 0.0251. The molecule has 1 unspecified atom stereocenters. The van der Waals surface area contributed by atoms with Gasteiger partial charge in [0, 0.05) is 16.7 Å². The number of halogens is 3. The zero-order chi connectivity index (χ0) is 8.72. The van der Waals surface area contributed by atoms with Crippen molar-refractivity contribution in [1.82, 2.24) is 0 Å². The van der Waals surface area contributed by atoms with E-state index in [1.165, 1.54) is 0 Å². The van der Waals surface area contributed by atoms with Gasteiger partial charge in [0.2, 0.25) is 0 Å². The quantitative estimate of drug-likeness (QED) is 0.523. The topological polar surface area (TPSA) is 12.5 Å². The molecule has 12 heavy (non-hydrogen) atoms. The van der Waals surface area contributed by atoms with Gasteiger partial charge < -0.3 is 4.74 Å². The lowest BCUT2D eigenvalue weighted by molar-refractivity contribution is 0.416. The molecule has 1 aliphatic heterocycles.